The topological polar surface area (TPSA) is 87.7 Å². The first-order valence-corrected chi connectivity index (χ1v) is 6.21. The van der Waals surface area contributed by atoms with Crippen LogP contribution < -0.4 is 11.1 Å². The van der Waals surface area contributed by atoms with Crippen molar-refractivity contribution in [2.45, 2.75) is 19.8 Å². The summed E-state index contributed by atoms with van der Waals surface area (Å²) in [6.45, 7) is 3.47. The Bertz CT molecular complexity index is 197. The number of oxime groups is 1. The fourth-order valence-corrected chi connectivity index (χ4v) is 1.56. The lowest BCUT2D eigenvalue weighted by Gasteiger charge is -2.03. The minimum absolute atomic E-state index is 0.254. The molecule has 0 saturated heterocycles. The number of nitrogens with one attached hydrogen (secondary N) is 1. The molecule has 1 unspecified atom stereocenters. The van der Waals surface area contributed by atoms with E-state index in [-0.39, 0.29) is 5.84 Å². The van der Waals surface area contributed by atoms with Gasteiger partial charge in [0.25, 0.3) is 0 Å². The summed E-state index contributed by atoms with van der Waals surface area (Å²) in [5.41, 5.74) is 5.28. The fraction of sp³-hybridized carbons (Fsp3) is 0.875. The van der Waals surface area contributed by atoms with Crippen LogP contribution in [0.25, 0.3) is 0 Å². The largest absolute Gasteiger partial charge is 0.409 e. The van der Waals surface area contributed by atoms with Crippen molar-refractivity contribution < 1.29 is 9.42 Å². The van der Waals surface area contributed by atoms with Crippen LogP contribution >= 0.6 is 0 Å². The van der Waals surface area contributed by atoms with Crippen molar-refractivity contribution in [2.75, 3.05) is 24.6 Å². The Labute approximate surface area is 87.2 Å². The van der Waals surface area contributed by atoms with Gasteiger partial charge in [-0.15, -0.1) is 0 Å². The molecule has 14 heavy (non-hydrogen) atoms. The molecule has 0 aromatic rings. The van der Waals surface area contributed by atoms with Crippen LogP contribution in [0.1, 0.15) is 19.8 Å². The van der Waals surface area contributed by atoms with E-state index < -0.39 is 10.8 Å². The van der Waals surface area contributed by atoms with E-state index in [1.807, 2.05) is 6.92 Å². The van der Waals surface area contributed by atoms with Gasteiger partial charge in [0.05, 0.1) is 0 Å². The molecular formula is C8H19N3O2S. The highest BCUT2D eigenvalue weighted by Gasteiger charge is 1.96. The predicted molar refractivity (Wildman–Crippen MR) is 59.1 cm³/mol. The van der Waals surface area contributed by atoms with Gasteiger partial charge in [0.2, 0.25) is 0 Å². The second-order valence-corrected chi connectivity index (χ2v) is 4.74. The third kappa shape index (κ3) is 8.00. The summed E-state index contributed by atoms with van der Waals surface area (Å²) in [5.74, 6) is 1.66. The van der Waals surface area contributed by atoms with Crippen LogP contribution in [0.4, 0.5) is 0 Å². The Morgan fingerprint density at radius 1 is 1.57 bits per heavy atom. The van der Waals surface area contributed by atoms with Gasteiger partial charge in [-0.05, 0) is 13.0 Å². The Kier molecular flexibility index (Phi) is 8.56. The van der Waals surface area contributed by atoms with Gasteiger partial charge in [-0.1, -0.05) is 12.1 Å². The van der Waals surface area contributed by atoms with E-state index >= 15 is 0 Å². The average molecular weight is 221 g/mol. The average Bonchev–Trinajstić information content (AvgIpc) is 2.22. The Morgan fingerprint density at radius 2 is 2.29 bits per heavy atom. The van der Waals surface area contributed by atoms with Gasteiger partial charge < -0.3 is 16.3 Å². The Hall–Kier alpha value is -0.620. The maximum atomic E-state index is 11.0. The minimum Gasteiger partial charge on any atom is -0.409 e. The molecule has 0 aromatic heterocycles. The number of amidine groups is 1. The summed E-state index contributed by atoms with van der Waals surface area (Å²) < 4.78 is 11.0. The third-order valence-electron chi connectivity index (χ3n) is 1.74. The van der Waals surface area contributed by atoms with Crippen molar-refractivity contribution in [3.63, 3.8) is 0 Å². The number of hydrogen-bond acceptors (Lipinski definition) is 4. The normalized spacial score (nSPS) is 14.2. The van der Waals surface area contributed by atoms with Gasteiger partial charge in [0.15, 0.2) is 0 Å². The summed E-state index contributed by atoms with van der Waals surface area (Å²) in [7, 11) is -0.694. The molecule has 1 atom stereocenters. The Balaban J connectivity index is 3.18. The van der Waals surface area contributed by atoms with Crippen molar-refractivity contribution in [2.24, 2.45) is 10.9 Å². The van der Waals surface area contributed by atoms with Crippen LogP contribution in [-0.4, -0.2) is 39.8 Å². The monoisotopic (exact) mass is 221 g/mol. The molecule has 0 fully saturated rings. The molecule has 0 aliphatic carbocycles. The smallest absolute Gasteiger partial charge is 0.139 e. The number of hydrogen-bond donors (Lipinski definition) is 3. The summed E-state index contributed by atoms with van der Waals surface area (Å²) in [4.78, 5) is 0. The highest BCUT2D eigenvalue weighted by atomic mass is 32.2. The quantitative estimate of drug-likeness (QED) is 0.175. The summed E-state index contributed by atoms with van der Waals surface area (Å²) in [5, 5.41) is 14.3. The van der Waals surface area contributed by atoms with Gasteiger partial charge in [-0.2, -0.15) is 0 Å². The number of nitrogens with two attached hydrogens (primary N) is 1. The highest BCUT2D eigenvalue weighted by Crippen LogP contribution is 1.86. The number of nitrogens with zero attached hydrogens (tertiary/aromatic N) is 1. The van der Waals surface area contributed by atoms with Crippen molar-refractivity contribution in [3.05, 3.63) is 0 Å². The molecule has 0 radical (unpaired) electrons. The Morgan fingerprint density at radius 3 is 2.86 bits per heavy atom. The number of rotatable bonds is 8. The lowest BCUT2D eigenvalue weighted by atomic mass is 10.3. The zero-order valence-electron chi connectivity index (χ0n) is 8.53. The van der Waals surface area contributed by atoms with Crippen molar-refractivity contribution >= 4 is 16.6 Å². The molecule has 0 amide bonds. The van der Waals surface area contributed by atoms with E-state index in [4.69, 9.17) is 10.9 Å². The van der Waals surface area contributed by atoms with E-state index in [0.29, 0.717) is 17.9 Å². The van der Waals surface area contributed by atoms with Crippen LogP contribution in [0, 0.1) is 0 Å². The lowest BCUT2D eigenvalue weighted by molar-refractivity contribution is 0.316. The van der Waals surface area contributed by atoms with Crippen LogP contribution in [0.2, 0.25) is 0 Å². The van der Waals surface area contributed by atoms with Crippen LogP contribution in [0.15, 0.2) is 5.16 Å². The molecule has 0 rings (SSSR count). The molecule has 0 spiro atoms. The molecule has 5 nitrogen and oxygen atoms in total. The molecule has 4 N–H and O–H groups in total. The van der Waals surface area contributed by atoms with Crippen LogP contribution in [0.5, 0.6) is 0 Å². The van der Waals surface area contributed by atoms with E-state index in [1.54, 1.807) is 0 Å². The van der Waals surface area contributed by atoms with E-state index in [9.17, 15) is 4.21 Å². The van der Waals surface area contributed by atoms with Gasteiger partial charge in [-0.3, -0.25) is 4.21 Å². The fourth-order valence-electron chi connectivity index (χ4n) is 0.900. The second-order valence-electron chi connectivity index (χ2n) is 2.88. The maximum Gasteiger partial charge on any atom is 0.139 e. The summed E-state index contributed by atoms with van der Waals surface area (Å²) in [6, 6.07) is 0. The van der Waals surface area contributed by atoms with Gasteiger partial charge in [-0.25, -0.2) is 0 Å². The molecule has 6 heteroatoms. The first kappa shape index (κ1) is 13.4. The molecule has 84 valence electrons. The first-order valence-electron chi connectivity index (χ1n) is 4.72. The molecule has 0 aliphatic heterocycles. The second kappa shape index (κ2) is 8.96. The maximum absolute atomic E-state index is 11.0. The van der Waals surface area contributed by atoms with Gasteiger partial charge >= 0.3 is 0 Å². The molecule has 0 heterocycles. The third-order valence-corrected chi connectivity index (χ3v) is 3.05. The van der Waals surface area contributed by atoms with E-state index in [0.717, 1.165) is 19.5 Å². The van der Waals surface area contributed by atoms with Crippen LogP contribution in [-0.2, 0) is 10.8 Å². The standard InChI is InChI=1S/C8H19N3O2S/c1-2-14(13)7-6-10-5-3-4-8(9)11-12/h10,12H,2-7H2,1H3,(H2,9,11). The predicted octanol–water partition coefficient (Wildman–Crippen LogP) is -0.129. The molecule has 0 aliphatic rings. The molecular weight excluding hydrogens is 202 g/mol. The molecule has 0 saturated carbocycles. The van der Waals surface area contributed by atoms with Crippen molar-refractivity contribution in [3.8, 4) is 0 Å². The highest BCUT2D eigenvalue weighted by molar-refractivity contribution is 7.84. The van der Waals surface area contributed by atoms with Crippen LogP contribution in [0.3, 0.4) is 0 Å². The van der Waals surface area contributed by atoms with Crippen molar-refractivity contribution in [1.29, 1.82) is 0 Å². The van der Waals surface area contributed by atoms with Gasteiger partial charge in [0.1, 0.15) is 5.84 Å². The van der Waals surface area contributed by atoms with E-state index in [1.165, 1.54) is 0 Å². The van der Waals surface area contributed by atoms with Gasteiger partial charge in [0, 0.05) is 35.3 Å². The molecule has 0 bridgehead atoms. The zero-order valence-corrected chi connectivity index (χ0v) is 9.35. The molecule has 0 aromatic carbocycles. The zero-order chi connectivity index (χ0) is 10.8. The SMILES string of the molecule is CCS(=O)CCNCCCC(N)=NO. The first-order chi connectivity index (χ1) is 6.70. The lowest BCUT2D eigenvalue weighted by Crippen LogP contribution is -2.23. The van der Waals surface area contributed by atoms with Crippen molar-refractivity contribution in [1.82, 2.24) is 5.32 Å². The minimum atomic E-state index is -0.694. The summed E-state index contributed by atoms with van der Waals surface area (Å²) in [6.07, 6.45) is 1.41. The summed E-state index contributed by atoms with van der Waals surface area (Å²) >= 11 is 0. The van der Waals surface area contributed by atoms with E-state index in [2.05, 4.69) is 10.5 Å².